The third-order valence-corrected chi connectivity index (χ3v) is 4.66. The quantitative estimate of drug-likeness (QED) is 0.644. The molecule has 1 rings (SSSR count). The monoisotopic (exact) mass is 265 g/mol. The zero-order valence-electron chi connectivity index (χ0n) is 9.38. The van der Waals surface area contributed by atoms with E-state index in [1.54, 1.807) is 0 Å². The molecule has 7 nitrogen and oxygen atoms in total. The first kappa shape index (κ1) is 13.9. The van der Waals surface area contributed by atoms with E-state index in [1.807, 2.05) is 0 Å². The van der Waals surface area contributed by atoms with E-state index < -0.39 is 38.8 Å². The van der Waals surface area contributed by atoms with Crippen molar-refractivity contribution >= 4 is 21.7 Å². The molecule has 0 saturated carbocycles. The van der Waals surface area contributed by atoms with E-state index in [0.29, 0.717) is 13.0 Å². The van der Waals surface area contributed by atoms with Crippen molar-refractivity contribution in [3.05, 3.63) is 0 Å². The van der Waals surface area contributed by atoms with Crippen LogP contribution in [-0.2, 0) is 24.2 Å². The smallest absolute Gasteiger partial charge is 0.327 e. The molecule has 8 heteroatoms. The standard InChI is InChI=1S/C9H15NO6S/c1-6(11)10-8(9(12)13)5-17(14,15)7-2-3-16-4-7/h7-8H,2-5H2,1H3,(H,10,11)(H,12,13). The van der Waals surface area contributed by atoms with Gasteiger partial charge in [0.25, 0.3) is 0 Å². The number of carbonyl (C=O) groups excluding carboxylic acids is 1. The van der Waals surface area contributed by atoms with Crippen molar-refractivity contribution in [3.63, 3.8) is 0 Å². The third kappa shape index (κ3) is 3.97. The molecule has 1 aliphatic heterocycles. The summed E-state index contributed by atoms with van der Waals surface area (Å²) >= 11 is 0. The highest BCUT2D eigenvalue weighted by molar-refractivity contribution is 7.92. The lowest BCUT2D eigenvalue weighted by Crippen LogP contribution is -2.46. The first-order valence-electron chi connectivity index (χ1n) is 5.12. The molecule has 98 valence electrons. The fraction of sp³-hybridized carbons (Fsp3) is 0.778. The van der Waals surface area contributed by atoms with E-state index in [2.05, 4.69) is 5.32 Å². The summed E-state index contributed by atoms with van der Waals surface area (Å²) in [5.74, 6) is -2.53. The maximum atomic E-state index is 11.8. The Bertz CT molecular complexity index is 398. The van der Waals surface area contributed by atoms with Crippen LogP contribution >= 0.6 is 0 Å². The molecule has 0 aliphatic carbocycles. The maximum absolute atomic E-state index is 11.8. The van der Waals surface area contributed by atoms with Gasteiger partial charge in [0.15, 0.2) is 9.84 Å². The first-order chi connectivity index (χ1) is 7.83. The zero-order valence-corrected chi connectivity index (χ0v) is 10.2. The summed E-state index contributed by atoms with van der Waals surface area (Å²) in [6.45, 7) is 1.59. The largest absolute Gasteiger partial charge is 0.480 e. The Kier molecular flexibility index (Phi) is 4.47. The van der Waals surface area contributed by atoms with Gasteiger partial charge in [0.05, 0.1) is 17.6 Å². The van der Waals surface area contributed by atoms with Gasteiger partial charge >= 0.3 is 5.97 Å². The van der Waals surface area contributed by atoms with Crippen molar-refractivity contribution in [1.29, 1.82) is 0 Å². The van der Waals surface area contributed by atoms with E-state index in [4.69, 9.17) is 9.84 Å². The van der Waals surface area contributed by atoms with Gasteiger partial charge in [-0.3, -0.25) is 4.79 Å². The zero-order chi connectivity index (χ0) is 13.1. The third-order valence-electron chi connectivity index (χ3n) is 2.47. The Morgan fingerprint density at radius 1 is 1.53 bits per heavy atom. The fourth-order valence-corrected chi connectivity index (χ4v) is 3.31. The molecular weight excluding hydrogens is 250 g/mol. The van der Waals surface area contributed by atoms with Crippen LogP contribution in [0.15, 0.2) is 0 Å². The lowest BCUT2D eigenvalue weighted by molar-refractivity contribution is -0.140. The predicted molar refractivity (Wildman–Crippen MR) is 58.3 cm³/mol. The summed E-state index contributed by atoms with van der Waals surface area (Å²) in [7, 11) is -3.57. The van der Waals surface area contributed by atoms with Crippen molar-refractivity contribution in [3.8, 4) is 0 Å². The normalized spacial score (nSPS) is 22.1. The lowest BCUT2D eigenvalue weighted by Gasteiger charge is -2.16. The number of sulfone groups is 1. The van der Waals surface area contributed by atoms with Crippen LogP contribution in [0, 0.1) is 0 Å². The van der Waals surface area contributed by atoms with Crippen LogP contribution < -0.4 is 5.32 Å². The van der Waals surface area contributed by atoms with Crippen molar-refractivity contribution in [2.24, 2.45) is 0 Å². The molecule has 0 aromatic carbocycles. The molecular formula is C9H15NO6S. The van der Waals surface area contributed by atoms with Gasteiger partial charge in [0.2, 0.25) is 5.91 Å². The minimum Gasteiger partial charge on any atom is -0.480 e. The SMILES string of the molecule is CC(=O)NC(CS(=O)(=O)C1CCOC1)C(=O)O. The van der Waals surface area contributed by atoms with Crippen LogP contribution in [0.2, 0.25) is 0 Å². The number of carboxylic acids is 1. The van der Waals surface area contributed by atoms with Crippen LogP contribution in [0.5, 0.6) is 0 Å². The molecule has 1 fully saturated rings. The number of rotatable bonds is 5. The van der Waals surface area contributed by atoms with Crippen molar-refractivity contribution in [2.75, 3.05) is 19.0 Å². The maximum Gasteiger partial charge on any atom is 0.327 e. The van der Waals surface area contributed by atoms with Gasteiger partial charge in [0, 0.05) is 13.5 Å². The van der Waals surface area contributed by atoms with Crippen LogP contribution in [0.1, 0.15) is 13.3 Å². The Hall–Kier alpha value is -1.15. The number of hydrogen-bond acceptors (Lipinski definition) is 5. The van der Waals surface area contributed by atoms with E-state index in [-0.39, 0.29) is 6.61 Å². The van der Waals surface area contributed by atoms with Gasteiger partial charge in [-0.15, -0.1) is 0 Å². The Labute approximate surface area is 99.1 Å². The van der Waals surface area contributed by atoms with Crippen molar-refractivity contribution in [1.82, 2.24) is 5.32 Å². The number of amides is 1. The van der Waals surface area contributed by atoms with Gasteiger partial charge in [-0.1, -0.05) is 0 Å². The average Bonchev–Trinajstić information content (AvgIpc) is 2.68. The van der Waals surface area contributed by atoms with Gasteiger partial charge in [0.1, 0.15) is 6.04 Å². The van der Waals surface area contributed by atoms with Crippen LogP contribution in [0.3, 0.4) is 0 Å². The highest BCUT2D eigenvalue weighted by Gasteiger charge is 2.34. The van der Waals surface area contributed by atoms with Crippen molar-refractivity contribution in [2.45, 2.75) is 24.6 Å². The topological polar surface area (TPSA) is 110 Å². The molecule has 0 spiro atoms. The average molecular weight is 265 g/mol. The van der Waals surface area contributed by atoms with Crippen LogP contribution in [0.4, 0.5) is 0 Å². The predicted octanol–water partition coefficient (Wildman–Crippen LogP) is -1.22. The molecule has 2 unspecified atom stereocenters. The minimum absolute atomic E-state index is 0.0920. The lowest BCUT2D eigenvalue weighted by atomic mass is 10.3. The molecule has 1 heterocycles. The van der Waals surface area contributed by atoms with Crippen LogP contribution in [0.25, 0.3) is 0 Å². The second-order valence-electron chi connectivity index (χ2n) is 3.91. The molecule has 2 N–H and O–H groups in total. The summed E-state index contributed by atoms with van der Waals surface area (Å²) in [5, 5.41) is 10.2. The molecule has 2 atom stereocenters. The second-order valence-corrected chi connectivity index (χ2v) is 6.23. The number of nitrogens with one attached hydrogen (secondary N) is 1. The van der Waals surface area contributed by atoms with E-state index in [1.165, 1.54) is 0 Å². The summed E-state index contributed by atoms with van der Waals surface area (Å²) < 4.78 is 28.6. The summed E-state index contributed by atoms with van der Waals surface area (Å²) in [6, 6.07) is -1.40. The molecule has 17 heavy (non-hydrogen) atoms. The van der Waals surface area contributed by atoms with Crippen LogP contribution in [-0.4, -0.2) is 55.7 Å². The highest BCUT2D eigenvalue weighted by Crippen LogP contribution is 2.15. The van der Waals surface area contributed by atoms with Gasteiger partial charge < -0.3 is 15.2 Å². The number of carboxylic acid groups (broad SMARTS) is 1. The Morgan fingerprint density at radius 3 is 2.59 bits per heavy atom. The van der Waals surface area contributed by atoms with Gasteiger partial charge in [-0.25, -0.2) is 13.2 Å². The van der Waals surface area contributed by atoms with Gasteiger partial charge in [-0.2, -0.15) is 0 Å². The molecule has 1 amide bonds. The number of carbonyl (C=O) groups is 2. The molecule has 0 radical (unpaired) electrons. The van der Waals surface area contributed by atoms with E-state index in [9.17, 15) is 18.0 Å². The minimum atomic E-state index is -3.57. The van der Waals surface area contributed by atoms with E-state index in [0.717, 1.165) is 6.92 Å². The highest BCUT2D eigenvalue weighted by atomic mass is 32.2. The van der Waals surface area contributed by atoms with Gasteiger partial charge in [-0.05, 0) is 6.42 Å². The molecule has 0 aromatic rings. The summed E-state index contributed by atoms with van der Waals surface area (Å²) in [5.41, 5.74) is 0. The summed E-state index contributed by atoms with van der Waals surface area (Å²) in [4.78, 5) is 21.6. The Morgan fingerprint density at radius 2 is 2.18 bits per heavy atom. The molecule has 1 saturated heterocycles. The number of ether oxygens (including phenoxy) is 1. The number of aliphatic carboxylic acids is 1. The molecule has 0 aromatic heterocycles. The summed E-state index contributed by atoms with van der Waals surface area (Å²) in [6.07, 6.45) is 0.370. The Balaban J connectivity index is 2.71. The molecule has 0 bridgehead atoms. The first-order valence-corrected chi connectivity index (χ1v) is 6.83. The fourth-order valence-electron chi connectivity index (χ4n) is 1.58. The second kappa shape index (κ2) is 5.46. The number of hydrogen-bond donors (Lipinski definition) is 2. The van der Waals surface area contributed by atoms with Crippen molar-refractivity contribution < 1.29 is 27.9 Å². The van der Waals surface area contributed by atoms with E-state index >= 15 is 0 Å². The molecule has 1 aliphatic rings.